The minimum atomic E-state index is 0.356. The molecule has 1 saturated carbocycles. The normalized spacial score (nSPS) is 28.0. The molecule has 3 nitrogen and oxygen atoms in total. The molecule has 0 aromatic carbocycles. The summed E-state index contributed by atoms with van der Waals surface area (Å²) in [7, 11) is 0. The number of pyridine rings is 1. The number of anilines is 1. The van der Waals surface area contributed by atoms with Crippen LogP contribution in [0.1, 0.15) is 25.7 Å². The van der Waals surface area contributed by atoms with E-state index < -0.39 is 0 Å². The first kappa shape index (κ1) is 12.7. The van der Waals surface area contributed by atoms with E-state index in [1.807, 2.05) is 12.3 Å². The highest BCUT2D eigenvalue weighted by atomic mass is 79.9. The van der Waals surface area contributed by atoms with E-state index in [9.17, 15) is 0 Å². The van der Waals surface area contributed by atoms with E-state index in [0.717, 1.165) is 34.9 Å². The van der Waals surface area contributed by atoms with Crippen molar-refractivity contribution in [3.05, 3.63) is 21.8 Å². The van der Waals surface area contributed by atoms with Crippen LogP contribution in [-0.4, -0.2) is 30.3 Å². The molecular weight excluding hydrogens is 316 g/mol. The fourth-order valence-corrected chi connectivity index (χ4v) is 3.72. The Balaban J connectivity index is 1.89. The number of ether oxygens (including phenoxy) is 1. The molecule has 18 heavy (non-hydrogen) atoms. The summed E-state index contributed by atoms with van der Waals surface area (Å²) in [6.07, 6.45) is 7.06. The third-order valence-electron chi connectivity index (χ3n) is 3.79. The van der Waals surface area contributed by atoms with Crippen molar-refractivity contribution >= 4 is 33.3 Å². The van der Waals surface area contributed by atoms with Gasteiger partial charge in [0.2, 0.25) is 0 Å². The highest BCUT2D eigenvalue weighted by Crippen LogP contribution is 2.34. The van der Waals surface area contributed by atoms with Crippen molar-refractivity contribution in [3.8, 4) is 0 Å². The van der Waals surface area contributed by atoms with E-state index in [1.54, 1.807) is 0 Å². The lowest BCUT2D eigenvalue weighted by molar-refractivity contribution is -0.00897. The first-order chi connectivity index (χ1) is 8.75. The molecule has 3 rings (SSSR count). The van der Waals surface area contributed by atoms with Crippen molar-refractivity contribution in [1.29, 1.82) is 0 Å². The molecule has 0 spiro atoms. The molecule has 0 radical (unpaired) electrons. The van der Waals surface area contributed by atoms with Crippen LogP contribution in [0.5, 0.6) is 0 Å². The molecule has 2 fully saturated rings. The molecule has 1 aliphatic heterocycles. The zero-order valence-corrected chi connectivity index (χ0v) is 12.5. The van der Waals surface area contributed by atoms with Crippen LogP contribution in [0.15, 0.2) is 16.7 Å². The maximum Gasteiger partial charge on any atom is 0.147 e. The number of halogens is 2. The summed E-state index contributed by atoms with van der Waals surface area (Å²) in [5, 5.41) is 0.718. The largest absolute Gasteiger partial charge is 0.374 e. The molecule has 2 unspecified atom stereocenters. The summed E-state index contributed by atoms with van der Waals surface area (Å²) in [4.78, 5) is 6.82. The van der Waals surface area contributed by atoms with E-state index in [1.165, 1.54) is 19.3 Å². The van der Waals surface area contributed by atoms with E-state index in [0.29, 0.717) is 12.1 Å². The lowest BCUT2D eigenvalue weighted by atomic mass is 9.90. The highest BCUT2D eigenvalue weighted by Gasteiger charge is 2.35. The predicted molar refractivity (Wildman–Crippen MR) is 76.3 cm³/mol. The Bertz CT molecular complexity index is 441. The average molecular weight is 332 g/mol. The van der Waals surface area contributed by atoms with Crippen LogP contribution in [0.2, 0.25) is 5.02 Å². The van der Waals surface area contributed by atoms with Crippen LogP contribution in [0.25, 0.3) is 0 Å². The van der Waals surface area contributed by atoms with E-state index in [2.05, 4.69) is 25.8 Å². The zero-order chi connectivity index (χ0) is 12.5. The van der Waals surface area contributed by atoms with Gasteiger partial charge in [0.15, 0.2) is 0 Å². The smallest absolute Gasteiger partial charge is 0.147 e. The van der Waals surface area contributed by atoms with Gasteiger partial charge in [-0.3, -0.25) is 0 Å². The molecule has 1 saturated heterocycles. The molecule has 2 atom stereocenters. The van der Waals surface area contributed by atoms with E-state index in [-0.39, 0.29) is 0 Å². The van der Waals surface area contributed by atoms with E-state index >= 15 is 0 Å². The van der Waals surface area contributed by atoms with Gasteiger partial charge in [0.25, 0.3) is 0 Å². The quantitative estimate of drug-likeness (QED) is 0.785. The number of hydrogen-bond donors (Lipinski definition) is 0. The molecule has 0 N–H and O–H groups in total. The molecule has 1 aromatic heterocycles. The molecule has 2 heterocycles. The van der Waals surface area contributed by atoms with Crippen LogP contribution in [0, 0.1) is 0 Å². The second kappa shape index (κ2) is 5.35. The summed E-state index contributed by atoms with van der Waals surface area (Å²) in [6.45, 7) is 1.66. The SMILES string of the molecule is Clc1cc(Br)cnc1N1CCOC2CCCCC21. The number of nitrogens with zero attached hydrogens (tertiary/aromatic N) is 2. The van der Waals surface area contributed by atoms with Crippen LogP contribution < -0.4 is 4.90 Å². The summed E-state index contributed by atoms with van der Waals surface area (Å²) < 4.78 is 6.80. The maximum absolute atomic E-state index is 6.32. The monoisotopic (exact) mass is 330 g/mol. The van der Waals surface area contributed by atoms with Crippen molar-refractivity contribution in [3.63, 3.8) is 0 Å². The van der Waals surface area contributed by atoms with Crippen LogP contribution >= 0.6 is 27.5 Å². The molecule has 5 heteroatoms. The number of fused-ring (bicyclic) bond motifs is 1. The van der Waals surface area contributed by atoms with Gasteiger partial charge in [-0.05, 0) is 34.8 Å². The Labute approximate surface area is 121 Å². The first-order valence-corrected chi connectivity index (χ1v) is 7.62. The second-order valence-electron chi connectivity index (χ2n) is 4.91. The molecule has 0 amide bonds. The Morgan fingerprint density at radius 2 is 2.22 bits per heavy atom. The average Bonchev–Trinajstić information content (AvgIpc) is 2.38. The van der Waals surface area contributed by atoms with E-state index in [4.69, 9.17) is 16.3 Å². The van der Waals surface area contributed by atoms with Crippen molar-refractivity contribution in [1.82, 2.24) is 4.98 Å². The van der Waals surface area contributed by atoms with Gasteiger partial charge in [0.1, 0.15) is 5.82 Å². The number of hydrogen-bond acceptors (Lipinski definition) is 3. The summed E-state index contributed by atoms with van der Waals surface area (Å²) in [5.74, 6) is 0.903. The van der Waals surface area contributed by atoms with Crippen molar-refractivity contribution < 1.29 is 4.74 Å². The zero-order valence-electron chi connectivity index (χ0n) is 10.1. The second-order valence-corrected chi connectivity index (χ2v) is 6.24. The van der Waals surface area contributed by atoms with Crippen molar-refractivity contribution in [2.45, 2.75) is 37.8 Å². The van der Waals surface area contributed by atoms with Gasteiger partial charge in [-0.15, -0.1) is 0 Å². The van der Waals surface area contributed by atoms with Gasteiger partial charge in [-0.1, -0.05) is 24.4 Å². The summed E-state index contributed by atoms with van der Waals surface area (Å²) in [5.41, 5.74) is 0. The van der Waals surface area contributed by atoms with Gasteiger partial charge < -0.3 is 9.64 Å². The Kier molecular flexibility index (Phi) is 3.78. The minimum Gasteiger partial charge on any atom is -0.374 e. The lowest BCUT2D eigenvalue weighted by Crippen LogP contribution is -2.53. The van der Waals surface area contributed by atoms with Crippen LogP contribution in [0.3, 0.4) is 0 Å². The Hall–Kier alpha value is -0.320. The fourth-order valence-electron chi connectivity index (χ4n) is 2.98. The van der Waals surface area contributed by atoms with Crippen LogP contribution in [-0.2, 0) is 4.74 Å². The fraction of sp³-hybridized carbons (Fsp3) is 0.615. The third-order valence-corrected chi connectivity index (χ3v) is 4.50. The highest BCUT2D eigenvalue weighted by molar-refractivity contribution is 9.10. The van der Waals surface area contributed by atoms with Gasteiger partial charge in [0, 0.05) is 17.2 Å². The molecule has 2 aliphatic rings. The van der Waals surface area contributed by atoms with Gasteiger partial charge in [-0.2, -0.15) is 0 Å². The lowest BCUT2D eigenvalue weighted by Gasteiger charge is -2.44. The maximum atomic E-state index is 6.32. The minimum absolute atomic E-state index is 0.356. The summed E-state index contributed by atoms with van der Waals surface area (Å²) >= 11 is 9.72. The van der Waals surface area contributed by atoms with Crippen molar-refractivity contribution in [2.24, 2.45) is 0 Å². The predicted octanol–water partition coefficient (Wildman–Crippen LogP) is 3.65. The van der Waals surface area contributed by atoms with Crippen LogP contribution in [0.4, 0.5) is 5.82 Å². The molecule has 98 valence electrons. The topological polar surface area (TPSA) is 25.4 Å². The molecule has 1 aliphatic carbocycles. The van der Waals surface area contributed by atoms with Gasteiger partial charge in [0.05, 0.1) is 23.8 Å². The molecule has 0 bridgehead atoms. The Morgan fingerprint density at radius 1 is 1.39 bits per heavy atom. The van der Waals surface area contributed by atoms with Gasteiger partial charge >= 0.3 is 0 Å². The molecule has 1 aromatic rings. The third kappa shape index (κ3) is 2.38. The number of aromatic nitrogens is 1. The standard InChI is InChI=1S/C13H16BrClN2O/c14-9-7-10(15)13(16-8-9)17-5-6-18-12-4-2-1-3-11(12)17/h7-8,11-12H,1-6H2. The van der Waals surface area contributed by atoms with Crippen molar-refractivity contribution in [2.75, 3.05) is 18.1 Å². The number of rotatable bonds is 1. The summed E-state index contributed by atoms with van der Waals surface area (Å²) in [6, 6.07) is 2.36. The molecular formula is C13H16BrClN2O. The van der Waals surface area contributed by atoms with Gasteiger partial charge in [-0.25, -0.2) is 4.98 Å². The first-order valence-electron chi connectivity index (χ1n) is 6.45. The number of morpholine rings is 1. The Morgan fingerprint density at radius 3 is 3.06 bits per heavy atom.